The summed E-state index contributed by atoms with van der Waals surface area (Å²) in [5, 5.41) is 10.7. The molecule has 10 heteroatoms. The zero-order valence-electron chi connectivity index (χ0n) is 13.2. The number of amides is 1. The van der Waals surface area contributed by atoms with Crippen LogP contribution in [0.5, 0.6) is 0 Å². The van der Waals surface area contributed by atoms with Gasteiger partial charge in [0, 0.05) is 32.1 Å². The highest BCUT2D eigenvalue weighted by Crippen LogP contribution is 2.30. The van der Waals surface area contributed by atoms with Gasteiger partial charge in [-0.2, -0.15) is 0 Å². The first-order chi connectivity index (χ1) is 11.7. The molecule has 0 spiro atoms. The Kier molecular flexibility index (Phi) is 3.89. The van der Waals surface area contributed by atoms with E-state index in [9.17, 15) is 4.79 Å². The molecule has 24 heavy (non-hydrogen) atoms. The number of oxazole rings is 1. The first-order valence-corrected chi connectivity index (χ1v) is 8.06. The number of aromatic nitrogens is 5. The van der Waals surface area contributed by atoms with Crippen molar-refractivity contribution in [3.8, 4) is 0 Å². The van der Waals surface area contributed by atoms with Gasteiger partial charge in [-0.3, -0.25) is 4.79 Å². The van der Waals surface area contributed by atoms with Crippen LogP contribution >= 0.6 is 0 Å². The quantitative estimate of drug-likeness (QED) is 0.813. The number of anilines is 1. The van der Waals surface area contributed by atoms with Gasteiger partial charge in [-0.25, -0.2) is 9.67 Å². The zero-order valence-corrected chi connectivity index (χ0v) is 13.2. The maximum atomic E-state index is 12.4. The van der Waals surface area contributed by atoms with E-state index in [0.29, 0.717) is 25.4 Å². The lowest BCUT2D eigenvalue weighted by Crippen LogP contribution is -2.38. The first-order valence-electron chi connectivity index (χ1n) is 8.06. The fourth-order valence-electron chi connectivity index (χ4n) is 3.10. The van der Waals surface area contributed by atoms with Crippen LogP contribution in [0.15, 0.2) is 4.42 Å². The lowest BCUT2D eigenvalue weighted by Gasteiger charge is -2.25. The summed E-state index contributed by atoms with van der Waals surface area (Å²) >= 11 is 0. The molecule has 0 atom stereocenters. The summed E-state index contributed by atoms with van der Waals surface area (Å²) in [4.78, 5) is 18.8. The predicted octanol–water partition coefficient (Wildman–Crippen LogP) is -0.278. The Morgan fingerprint density at radius 1 is 1.33 bits per heavy atom. The molecule has 10 nitrogen and oxygen atoms in total. The smallest absolute Gasteiger partial charge is 0.244 e. The van der Waals surface area contributed by atoms with Gasteiger partial charge in [0.05, 0.1) is 6.54 Å². The Morgan fingerprint density at radius 3 is 2.92 bits per heavy atom. The van der Waals surface area contributed by atoms with Crippen molar-refractivity contribution in [2.45, 2.75) is 38.3 Å². The zero-order chi connectivity index (χ0) is 16.5. The van der Waals surface area contributed by atoms with E-state index in [2.05, 4.69) is 20.5 Å². The minimum atomic E-state index is -0.0877. The maximum absolute atomic E-state index is 12.4. The van der Waals surface area contributed by atoms with Gasteiger partial charge in [0.25, 0.3) is 0 Å². The normalized spacial score (nSPS) is 18.6. The van der Waals surface area contributed by atoms with Crippen LogP contribution in [0.3, 0.4) is 0 Å². The summed E-state index contributed by atoms with van der Waals surface area (Å²) in [6.07, 6.45) is 2.53. The van der Waals surface area contributed by atoms with Crippen LogP contribution in [0.1, 0.15) is 36.1 Å². The Labute approximate surface area is 137 Å². The van der Waals surface area contributed by atoms with Crippen molar-refractivity contribution >= 4 is 11.9 Å². The standard InChI is InChI=1S/C14H19N7O3/c15-14-17-18-19-21(14)8-12(22)20-4-1-11-10(7-20)16-13(24-11)9-2-5-23-6-3-9/h9H,1-8H2,(H2,15,17,19). The SMILES string of the molecule is Nc1nnnn1CC(=O)N1CCc2oc(C3CCOCC3)nc2C1. The second-order valence-corrected chi connectivity index (χ2v) is 6.07. The number of rotatable bonds is 3. The third-order valence-electron chi connectivity index (χ3n) is 4.51. The molecule has 128 valence electrons. The molecule has 2 N–H and O–H groups in total. The molecule has 1 amide bonds. The van der Waals surface area contributed by atoms with Crippen molar-refractivity contribution in [2.24, 2.45) is 0 Å². The van der Waals surface area contributed by atoms with Crippen LogP contribution in [0.2, 0.25) is 0 Å². The minimum absolute atomic E-state index is 0.0266. The molecular formula is C14H19N7O3. The van der Waals surface area contributed by atoms with Gasteiger partial charge in [-0.1, -0.05) is 5.10 Å². The molecule has 2 aliphatic rings. The highest BCUT2D eigenvalue weighted by atomic mass is 16.5. The number of hydrogen-bond donors (Lipinski definition) is 1. The van der Waals surface area contributed by atoms with Crippen molar-refractivity contribution in [1.29, 1.82) is 0 Å². The number of carbonyl (C=O) groups excluding carboxylic acids is 1. The van der Waals surface area contributed by atoms with E-state index in [1.165, 1.54) is 4.68 Å². The van der Waals surface area contributed by atoms with E-state index < -0.39 is 0 Å². The van der Waals surface area contributed by atoms with E-state index >= 15 is 0 Å². The number of nitrogens with zero attached hydrogens (tertiary/aromatic N) is 6. The Morgan fingerprint density at radius 2 is 2.17 bits per heavy atom. The fraction of sp³-hybridized carbons (Fsp3) is 0.643. The number of hydrogen-bond acceptors (Lipinski definition) is 8. The maximum Gasteiger partial charge on any atom is 0.244 e. The second-order valence-electron chi connectivity index (χ2n) is 6.07. The van der Waals surface area contributed by atoms with Crippen molar-refractivity contribution in [2.75, 3.05) is 25.5 Å². The van der Waals surface area contributed by atoms with E-state index in [0.717, 1.165) is 43.4 Å². The van der Waals surface area contributed by atoms with Crippen molar-refractivity contribution in [3.63, 3.8) is 0 Å². The van der Waals surface area contributed by atoms with Crippen LogP contribution in [-0.2, 0) is 29.0 Å². The van der Waals surface area contributed by atoms with Crippen molar-refractivity contribution in [1.82, 2.24) is 30.1 Å². The fourth-order valence-corrected chi connectivity index (χ4v) is 3.10. The first kappa shape index (κ1) is 15.1. The van der Waals surface area contributed by atoms with E-state index in [1.807, 2.05) is 0 Å². The van der Waals surface area contributed by atoms with Gasteiger partial charge in [-0.15, -0.1) is 0 Å². The molecular weight excluding hydrogens is 314 g/mol. The molecule has 0 aliphatic carbocycles. The van der Waals surface area contributed by atoms with Gasteiger partial charge in [0.15, 0.2) is 5.89 Å². The lowest BCUT2D eigenvalue weighted by atomic mass is 10.0. The number of ether oxygens (including phenoxy) is 1. The highest BCUT2D eigenvalue weighted by Gasteiger charge is 2.29. The molecule has 2 aromatic heterocycles. The van der Waals surface area contributed by atoms with E-state index in [-0.39, 0.29) is 18.4 Å². The summed E-state index contributed by atoms with van der Waals surface area (Å²) in [6, 6.07) is 0. The Bertz CT molecular complexity index is 735. The second kappa shape index (κ2) is 6.19. The molecule has 1 fully saturated rings. The molecule has 0 unspecified atom stereocenters. The average molecular weight is 333 g/mol. The molecule has 2 aliphatic heterocycles. The van der Waals surface area contributed by atoms with Crippen LogP contribution in [0.25, 0.3) is 0 Å². The summed E-state index contributed by atoms with van der Waals surface area (Å²) in [6.45, 7) is 2.56. The largest absolute Gasteiger partial charge is 0.445 e. The lowest BCUT2D eigenvalue weighted by molar-refractivity contribution is -0.133. The minimum Gasteiger partial charge on any atom is -0.445 e. The molecule has 0 radical (unpaired) electrons. The molecule has 1 saturated heterocycles. The van der Waals surface area contributed by atoms with Gasteiger partial charge in [0.1, 0.15) is 18.0 Å². The van der Waals surface area contributed by atoms with Crippen molar-refractivity contribution in [3.05, 3.63) is 17.3 Å². The summed E-state index contributed by atoms with van der Waals surface area (Å²) in [5.74, 6) is 2.03. The molecule has 0 saturated carbocycles. The van der Waals surface area contributed by atoms with E-state index in [1.54, 1.807) is 4.90 Å². The van der Waals surface area contributed by atoms with Gasteiger partial charge in [0.2, 0.25) is 11.9 Å². The molecule has 2 aromatic rings. The summed E-state index contributed by atoms with van der Waals surface area (Å²) in [7, 11) is 0. The average Bonchev–Trinajstić information content (AvgIpc) is 3.21. The molecule has 4 heterocycles. The third-order valence-corrected chi connectivity index (χ3v) is 4.51. The number of nitrogens with two attached hydrogens (primary N) is 1. The van der Waals surface area contributed by atoms with Gasteiger partial charge < -0.3 is 19.8 Å². The summed E-state index contributed by atoms with van der Waals surface area (Å²) < 4.78 is 12.6. The third kappa shape index (κ3) is 2.84. The van der Waals surface area contributed by atoms with Crippen LogP contribution < -0.4 is 5.73 Å². The monoisotopic (exact) mass is 333 g/mol. The summed E-state index contributed by atoms with van der Waals surface area (Å²) in [5.41, 5.74) is 6.45. The van der Waals surface area contributed by atoms with Gasteiger partial charge >= 0.3 is 0 Å². The highest BCUT2D eigenvalue weighted by molar-refractivity contribution is 5.76. The topological polar surface area (TPSA) is 125 Å². The van der Waals surface area contributed by atoms with Crippen LogP contribution in [0.4, 0.5) is 5.95 Å². The van der Waals surface area contributed by atoms with Crippen molar-refractivity contribution < 1.29 is 13.9 Å². The van der Waals surface area contributed by atoms with Crippen LogP contribution in [-0.4, -0.2) is 55.8 Å². The predicted molar refractivity (Wildman–Crippen MR) is 80.6 cm³/mol. The Hall–Kier alpha value is -2.49. The Balaban J connectivity index is 1.44. The van der Waals surface area contributed by atoms with Gasteiger partial charge in [-0.05, 0) is 23.3 Å². The van der Waals surface area contributed by atoms with E-state index in [4.69, 9.17) is 14.9 Å². The number of nitrogen functional groups attached to an aromatic ring is 1. The van der Waals surface area contributed by atoms with Crippen LogP contribution in [0, 0.1) is 0 Å². The number of tetrazole rings is 1. The number of fused-ring (bicyclic) bond motifs is 1. The molecule has 4 rings (SSSR count). The molecule has 0 aromatic carbocycles. The molecule has 0 bridgehead atoms. The number of carbonyl (C=O) groups is 1.